The van der Waals surface area contributed by atoms with E-state index in [0.29, 0.717) is 24.5 Å². The molecule has 0 spiro atoms. The molecule has 2 saturated heterocycles. The van der Waals surface area contributed by atoms with Crippen LogP contribution in [0.25, 0.3) is 0 Å². The molecule has 0 aromatic heterocycles. The second-order valence-electron chi connectivity index (χ2n) is 6.07. The van der Waals surface area contributed by atoms with Gasteiger partial charge in [0.1, 0.15) is 0 Å². The maximum atomic E-state index is 12.4. The SMILES string of the molecule is O=C(Nc1cccc(C(=O)N2CCCC2)c1)NC1CCOCC1. The molecule has 1 aromatic carbocycles. The highest BCUT2D eigenvalue weighted by Gasteiger charge is 2.20. The van der Waals surface area contributed by atoms with Gasteiger partial charge in [-0.15, -0.1) is 0 Å². The van der Waals surface area contributed by atoms with E-state index in [1.807, 2.05) is 4.90 Å². The summed E-state index contributed by atoms with van der Waals surface area (Å²) < 4.78 is 5.28. The van der Waals surface area contributed by atoms with E-state index in [0.717, 1.165) is 38.8 Å². The first-order valence-corrected chi connectivity index (χ1v) is 8.27. The first kappa shape index (κ1) is 15.8. The molecular weight excluding hydrogens is 294 g/mol. The zero-order valence-electron chi connectivity index (χ0n) is 13.2. The molecule has 3 rings (SSSR count). The van der Waals surface area contributed by atoms with Gasteiger partial charge in [0.25, 0.3) is 5.91 Å². The van der Waals surface area contributed by atoms with Gasteiger partial charge in [-0.1, -0.05) is 6.07 Å². The fourth-order valence-electron chi connectivity index (χ4n) is 3.03. The minimum Gasteiger partial charge on any atom is -0.381 e. The normalized spacial score (nSPS) is 18.7. The number of rotatable bonds is 3. The molecule has 0 bridgehead atoms. The maximum Gasteiger partial charge on any atom is 0.319 e. The topological polar surface area (TPSA) is 70.7 Å². The van der Waals surface area contributed by atoms with E-state index in [-0.39, 0.29) is 18.0 Å². The predicted molar refractivity (Wildman–Crippen MR) is 87.6 cm³/mol. The first-order valence-electron chi connectivity index (χ1n) is 8.27. The second kappa shape index (κ2) is 7.46. The number of carbonyl (C=O) groups is 2. The van der Waals surface area contributed by atoms with Crippen LogP contribution in [-0.2, 0) is 4.74 Å². The average molecular weight is 317 g/mol. The Bertz CT molecular complexity index is 564. The van der Waals surface area contributed by atoms with Gasteiger partial charge in [0, 0.05) is 43.6 Å². The van der Waals surface area contributed by atoms with Crippen LogP contribution in [0.15, 0.2) is 24.3 Å². The van der Waals surface area contributed by atoms with Crippen molar-refractivity contribution >= 4 is 17.6 Å². The third kappa shape index (κ3) is 4.22. The summed E-state index contributed by atoms with van der Waals surface area (Å²) in [4.78, 5) is 26.3. The summed E-state index contributed by atoms with van der Waals surface area (Å²) in [5.41, 5.74) is 1.26. The molecule has 0 unspecified atom stereocenters. The van der Waals surface area contributed by atoms with Crippen LogP contribution in [0.1, 0.15) is 36.0 Å². The molecule has 2 N–H and O–H groups in total. The second-order valence-corrected chi connectivity index (χ2v) is 6.07. The highest BCUT2D eigenvalue weighted by molar-refractivity contribution is 5.97. The van der Waals surface area contributed by atoms with Crippen LogP contribution in [0, 0.1) is 0 Å². The third-order valence-corrected chi connectivity index (χ3v) is 4.32. The van der Waals surface area contributed by atoms with Crippen molar-refractivity contribution in [2.75, 3.05) is 31.6 Å². The van der Waals surface area contributed by atoms with Crippen molar-refractivity contribution < 1.29 is 14.3 Å². The van der Waals surface area contributed by atoms with Crippen molar-refractivity contribution in [3.05, 3.63) is 29.8 Å². The number of nitrogens with zero attached hydrogens (tertiary/aromatic N) is 1. The zero-order chi connectivity index (χ0) is 16.1. The molecule has 0 atom stereocenters. The lowest BCUT2D eigenvalue weighted by Gasteiger charge is -2.23. The van der Waals surface area contributed by atoms with Crippen LogP contribution in [0.3, 0.4) is 0 Å². The molecule has 0 aliphatic carbocycles. The summed E-state index contributed by atoms with van der Waals surface area (Å²) in [5, 5.41) is 5.76. The molecule has 6 heteroatoms. The van der Waals surface area contributed by atoms with E-state index in [9.17, 15) is 9.59 Å². The number of ether oxygens (including phenoxy) is 1. The van der Waals surface area contributed by atoms with E-state index in [1.165, 1.54) is 0 Å². The van der Waals surface area contributed by atoms with E-state index in [1.54, 1.807) is 24.3 Å². The Hall–Kier alpha value is -2.08. The Morgan fingerprint density at radius 2 is 1.87 bits per heavy atom. The molecule has 2 fully saturated rings. The van der Waals surface area contributed by atoms with Gasteiger partial charge in [-0.2, -0.15) is 0 Å². The van der Waals surface area contributed by atoms with E-state index in [2.05, 4.69) is 10.6 Å². The molecule has 6 nitrogen and oxygen atoms in total. The van der Waals surface area contributed by atoms with Crippen LogP contribution < -0.4 is 10.6 Å². The minimum absolute atomic E-state index is 0.0380. The smallest absolute Gasteiger partial charge is 0.319 e. The number of urea groups is 1. The molecular formula is C17H23N3O3. The number of nitrogens with one attached hydrogen (secondary N) is 2. The summed E-state index contributed by atoms with van der Waals surface area (Å²) in [6.45, 7) is 3.01. The Morgan fingerprint density at radius 1 is 1.13 bits per heavy atom. The monoisotopic (exact) mass is 317 g/mol. The molecule has 0 saturated carbocycles. The van der Waals surface area contributed by atoms with Gasteiger partial charge >= 0.3 is 6.03 Å². The molecule has 2 heterocycles. The zero-order valence-corrected chi connectivity index (χ0v) is 13.2. The van der Waals surface area contributed by atoms with Gasteiger partial charge in [-0.25, -0.2) is 4.79 Å². The number of amides is 3. The van der Waals surface area contributed by atoms with Crippen molar-refractivity contribution in [1.82, 2.24) is 10.2 Å². The highest BCUT2D eigenvalue weighted by atomic mass is 16.5. The lowest BCUT2D eigenvalue weighted by molar-refractivity contribution is 0.0791. The largest absolute Gasteiger partial charge is 0.381 e. The van der Waals surface area contributed by atoms with Crippen LogP contribution in [-0.4, -0.2) is 49.2 Å². The highest BCUT2D eigenvalue weighted by Crippen LogP contribution is 2.16. The Kier molecular flexibility index (Phi) is 5.12. The molecule has 2 aliphatic heterocycles. The van der Waals surface area contributed by atoms with Gasteiger partial charge in [-0.3, -0.25) is 4.79 Å². The minimum atomic E-state index is -0.234. The molecule has 2 aliphatic rings. The average Bonchev–Trinajstić information content (AvgIpc) is 3.09. The van der Waals surface area contributed by atoms with Crippen LogP contribution in [0.4, 0.5) is 10.5 Å². The first-order chi connectivity index (χ1) is 11.2. The third-order valence-electron chi connectivity index (χ3n) is 4.32. The number of anilines is 1. The number of hydrogen-bond acceptors (Lipinski definition) is 3. The number of benzene rings is 1. The Balaban J connectivity index is 1.58. The predicted octanol–water partition coefficient (Wildman–Crippen LogP) is 2.22. The lowest BCUT2D eigenvalue weighted by Crippen LogP contribution is -2.41. The summed E-state index contributed by atoms with van der Waals surface area (Å²) >= 11 is 0. The summed E-state index contributed by atoms with van der Waals surface area (Å²) in [5.74, 6) is 0.0380. The molecule has 3 amide bonds. The quantitative estimate of drug-likeness (QED) is 0.898. The van der Waals surface area contributed by atoms with Crippen molar-refractivity contribution in [2.45, 2.75) is 31.7 Å². The Labute approximate surface area is 136 Å². The summed E-state index contributed by atoms with van der Waals surface area (Å²) in [7, 11) is 0. The Morgan fingerprint density at radius 3 is 2.61 bits per heavy atom. The van der Waals surface area contributed by atoms with Gasteiger partial charge < -0.3 is 20.3 Å². The number of hydrogen-bond donors (Lipinski definition) is 2. The van der Waals surface area contributed by atoms with Gasteiger partial charge in [-0.05, 0) is 43.9 Å². The van der Waals surface area contributed by atoms with Crippen molar-refractivity contribution in [2.24, 2.45) is 0 Å². The van der Waals surface area contributed by atoms with Crippen LogP contribution >= 0.6 is 0 Å². The fraction of sp³-hybridized carbons (Fsp3) is 0.529. The van der Waals surface area contributed by atoms with Crippen molar-refractivity contribution in [1.29, 1.82) is 0 Å². The van der Waals surface area contributed by atoms with E-state index in [4.69, 9.17) is 4.74 Å². The fourth-order valence-corrected chi connectivity index (χ4v) is 3.03. The summed E-state index contributed by atoms with van der Waals surface area (Å²) in [6, 6.07) is 7.05. The summed E-state index contributed by atoms with van der Waals surface area (Å²) in [6.07, 6.45) is 3.80. The van der Waals surface area contributed by atoms with E-state index < -0.39 is 0 Å². The van der Waals surface area contributed by atoms with Crippen molar-refractivity contribution in [3.8, 4) is 0 Å². The van der Waals surface area contributed by atoms with E-state index >= 15 is 0 Å². The molecule has 0 radical (unpaired) electrons. The number of carbonyl (C=O) groups excluding carboxylic acids is 2. The van der Waals surface area contributed by atoms with Gasteiger partial charge in [0.05, 0.1) is 0 Å². The maximum absolute atomic E-state index is 12.4. The van der Waals surface area contributed by atoms with Gasteiger partial charge in [0.2, 0.25) is 0 Å². The number of likely N-dealkylation sites (tertiary alicyclic amines) is 1. The van der Waals surface area contributed by atoms with Gasteiger partial charge in [0.15, 0.2) is 0 Å². The van der Waals surface area contributed by atoms with Crippen LogP contribution in [0.5, 0.6) is 0 Å². The lowest BCUT2D eigenvalue weighted by atomic mass is 10.1. The van der Waals surface area contributed by atoms with Crippen LogP contribution in [0.2, 0.25) is 0 Å². The van der Waals surface area contributed by atoms with Crippen molar-refractivity contribution in [3.63, 3.8) is 0 Å². The standard InChI is InChI=1S/C17H23N3O3/c21-16(20-8-1-2-9-20)13-4-3-5-15(12-13)19-17(22)18-14-6-10-23-11-7-14/h3-5,12,14H,1-2,6-11H2,(H2,18,19,22). The molecule has 23 heavy (non-hydrogen) atoms. The molecule has 124 valence electrons. The molecule has 1 aromatic rings.